The Balaban J connectivity index is 2.36. The minimum atomic E-state index is -0.164. The fraction of sp³-hybridized carbons (Fsp3) is 0.250. The largest absolute Gasteiger partial charge is 0.484 e. The molecule has 0 aliphatic carbocycles. The van der Waals surface area contributed by atoms with Crippen LogP contribution in [0.25, 0.3) is 0 Å². The summed E-state index contributed by atoms with van der Waals surface area (Å²) in [6, 6.07) is 7.33. The van der Waals surface area contributed by atoms with E-state index in [1.807, 2.05) is 12.1 Å². The fourth-order valence-corrected chi connectivity index (χ4v) is 1.11. The van der Waals surface area contributed by atoms with Crippen LogP contribution in [0.2, 0.25) is 0 Å². The molecule has 0 saturated heterocycles. The number of benzene rings is 1. The quantitative estimate of drug-likeness (QED) is 0.698. The molecule has 0 atom stereocenters. The van der Waals surface area contributed by atoms with Crippen molar-refractivity contribution in [2.75, 3.05) is 13.2 Å². The molecular formula is C12H16N2O2. The van der Waals surface area contributed by atoms with Crippen LogP contribution in [-0.4, -0.2) is 19.1 Å². The van der Waals surface area contributed by atoms with Gasteiger partial charge in [0.1, 0.15) is 5.75 Å². The number of hydrogen-bond donors (Lipinski definition) is 2. The van der Waals surface area contributed by atoms with Gasteiger partial charge in [0.15, 0.2) is 6.61 Å². The Morgan fingerprint density at radius 2 is 2.12 bits per heavy atom. The molecule has 0 saturated carbocycles. The maximum absolute atomic E-state index is 11.2. The summed E-state index contributed by atoms with van der Waals surface area (Å²) >= 11 is 0. The van der Waals surface area contributed by atoms with Crippen molar-refractivity contribution in [2.24, 2.45) is 5.73 Å². The van der Waals surface area contributed by atoms with Crippen molar-refractivity contribution in [3.05, 3.63) is 42.5 Å². The molecule has 1 amide bonds. The van der Waals surface area contributed by atoms with Gasteiger partial charge in [0.2, 0.25) is 0 Å². The molecule has 1 aromatic rings. The molecule has 0 fully saturated rings. The van der Waals surface area contributed by atoms with Crippen LogP contribution in [0, 0.1) is 0 Å². The number of carbonyl (C=O) groups is 1. The van der Waals surface area contributed by atoms with Crippen molar-refractivity contribution in [1.82, 2.24) is 5.32 Å². The first-order valence-electron chi connectivity index (χ1n) is 5.05. The molecule has 0 aromatic heterocycles. The zero-order valence-corrected chi connectivity index (χ0v) is 9.11. The summed E-state index contributed by atoms with van der Waals surface area (Å²) in [4.78, 5) is 11.2. The smallest absolute Gasteiger partial charge is 0.258 e. The van der Waals surface area contributed by atoms with Crippen LogP contribution in [0.4, 0.5) is 0 Å². The van der Waals surface area contributed by atoms with Gasteiger partial charge in [-0.05, 0) is 17.7 Å². The number of ether oxygens (including phenoxy) is 1. The summed E-state index contributed by atoms with van der Waals surface area (Å²) in [6.07, 6.45) is 1.62. The molecule has 1 aromatic carbocycles. The molecule has 16 heavy (non-hydrogen) atoms. The average molecular weight is 220 g/mol. The van der Waals surface area contributed by atoms with Crippen molar-refractivity contribution < 1.29 is 9.53 Å². The van der Waals surface area contributed by atoms with Gasteiger partial charge in [-0.3, -0.25) is 4.79 Å². The van der Waals surface area contributed by atoms with Gasteiger partial charge in [-0.25, -0.2) is 0 Å². The second kappa shape index (κ2) is 6.63. The fourth-order valence-electron chi connectivity index (χ4n) is 1.11. The van der Waals surface area contributed by atoms with E-state index in [2.05, 4.69) is 11.9 Å². The molecule has 0 aliphatic heterocycles. The van der Waals surface area contributed by atoms with E-state index in [0.717, 1.165) is 5.56 Å². The number of carbonyl (C=O) groups excluding carboxylic acids is 1. The molecule has 1 rings (SSSR count). The SMILES string of the molecule is C=CCNC(=O)COc1ccc(CN)cc1. The van der Waals surface area contributed by atoms with Crippen molar-refractivity contribution in [2.45, 2.75) is 6.54 Å². The highest BCUT2D eigenvalue weighted by atomic mass is 16.5. The summed E-state index contributed by atoms with van der Waals surface area (Å²) in [5, 5.41) is 2.62. The normalized spacial score (nSPS) is 9.56. The van der Waals surface area contributed by atoms with Crippen molar-refractivity contribution in [1.29, 1.82) is 0 Å². The molecule has 0 bridgehead atoms. The Kier molecular flexibility index (Phi) is 5.08. The summed E-state index contributed by atoms with van der Waals surface area (Å²) in [5.41, 5.74) is 6.49. The summed E-state index contributed by atoms with van der Waals surface area (Å²) in [6.45, 7) is 4.47. The number of rotatable bonds is 6. The van der Waals surface area contributed by atoms with Gasteiger partial charge in [0, 0.05) is 13.1 Å². The van der Waals surface area contributed by atoms with Gasteiger partial charge in [0.05, 0.1) is 0 Å². The first kappa shape index (κ1) is 12.3. The molecule has 0 heterocycles. The van der Waals surface area contributed by atoms with Gasteiger partial charge < -0.3 is 15.8 Å². The second-order valence-electron chi connectivity index (χ2n) is 3.23. The predicted octanol–water partition coefficient (Wildman–Crippen LogP) is 0.826. The molecule has 0 aliphatic rings. The molecule has 3 N–H and O–H groups in total. The van der Waals surface area contributed by atoms with Gasteiger partial charge >= 0.3 is 0 Å². The number of nitrogens with one attached hydrogen (secondary N) is 1. The van der Waals surface area contributed by atoms with Crippen molar-refractivity contribution in [3.8, 4) is 5.75 Å². The van der Waals surface area contributed by atoms with E-state index < -0.39 is 0 Å². The van der Waals surface area contributed by atoms with Crippen molar-refractivity contribution in [3.63, 3.8) is 0 Å². The lowest BCUT2D eigenvalue weighted by Crippen LogP contribution is -2.28. The highest BCUT2D eigenvalue weighted by Gasteiger charge is 2.00. The lowest BCUT2D eigenvalue weighted by Gasteiger charge is -2.06. The van der Waals surface area contributed by atoms with Crippen LogP contribution in [0.15, 0.2) is 36.9 Å². The third kappa shape index (κ3) is 4.14. The van der Waals surface area contributed by atoms with Crippen LogP contribution in [0.5, 0.6) is 5.75 Å². The van der Waals surface area contributed by atoms with Gasteiger partial charge in [-0.2, -0.15) is 0 Å². The summed E-state index contributed by atoms with van der Waals surface area (Å²) in [5.74, 6) is 0.494. The van der Waals surface area contributed by atoms with Gasteiger partial charge in [-0.15, -0.1) is 6.58 Å². The lowest BCUT2D eigenvalue weighted by atomic mass is 10.2. The molecule has 0 unspecified atom stereocenters. The van der Waals surface area contributed by atoms with Crippen LogP contribution >= 0.6 is 0 Å². The Morgan fingerprint density at radius 3 is 2.69 bits per heavy atom. The zero-order valence-electron chi connectivity index (χ0n) is 9.11. The molecular weight excluding hydrogens is 204 g/mol. The van der Waals surface area contributed by atoms with Crippen LogP contribution in [-0.2, 0) is 11.3 Å². The lowest BCUT2D eigenvalue weighted by molar-refractivity contribution is -0.122. The van der Waals surface area contributed by atoms with E-state index in [0.29, 0.717) is 18.8 Å². The van der Waals surface area contributed by atoms with Gasteiger partial charge in [-0.1, -0.05) is 18.2 Å². The Morgan fingerprint density at radius 1 is 1.44 bits per heavy atom. The van der Waals surface area contributed by atoms with E-state index in [-0.39, 0.29) is 12.5 Å². The van der Waals surface area contributed by atoms with Crippen LogP contribution < -0.4 is 15.8 Å². The van der Waals surface area contributed by atoms with Crippen LogP contribution in [0.3, 0.4) is 0 Å². The third-order valence-electron chi connectivity index (χ3n) is 1.97. The van der Waals surface area contributed by atoms with Crippen molar-refractivity contribution >= 4 is 5.91 Å². The highest BCUT2D eigenvalue weighted by Crippen LogP contribution is 2.11. The monoisotopic (exact) mass is 220 g/mol. The highest BCUT2D eigenvalue weighted by molar-refractivity contribution is 5.77. The minimum absolute atomic E-state index is 0.00973. The summed E-state index contributed by atoms with van der Waals surface area (Å²) < 4.78 is 5.28. The topological polar surface area (TPSA) is 64.3 Å². The zero-order chi connectivity index (χ0) is 11.8. The Hall–Kier alpha value is -1.81. The van der Waals surface area contributed by atoms with Crippen LogP contribution in [0.1, 0.15) is 5.56 Å². The predicted molar refractivity (Wildman–Crippen MR) is 63.0 cm³/mol. The van der Waals surface area contributed by atoms with E-state index in [1.54, 1.807) is 18.2 Å². The number of hydrogen-bond acceptors (Lipinski definition) is 3. The first-order chi connectivity index (χ1) is 7.76. The maximum atomic E-state index is 11.2. The summed E-state index contributed by atoms with van der Waals surface area (Å²) in [7, 11) is 0. The average Bonchev–Trinajstić information content (AvgIpc) is 2.34. The molecule has 4 nitrogen and oxygen atoms in total. The minimum Gasteiger partial charge on any atom is -0.484 e. The first-order valence-corrected chi connectivity index (χ1v) is 5.05. The van der Waals surface area contributed by atoms with E-state index >= 15 is 0 Å². The molecule has 0 spiro atoms. The Labute approximate surface area is 95.1 Å². The van der Waals surface area contributed by atoms with E-state index in [9.17, 15) is 4.79 Å². The second-order valence-corrected chi connectivity index (χ2v) is 3.23. The maximum Gasteiger partial charge on any atom is 0.258 e. The molecule has 4 heteroatoms. The third-order valence-corrected chi connectivity index (χ3v) is 1.97. The Bertz CT molecular complexity index is 347. The molecule has 0 radical (unpaired) electrons. The standard InChI is InChI=1S/C12H16N2O2/c1-2-7-14-12(15)9-16-11-5-3-10(8-13)4-6-11/h2-6H,1,7-9,13H2,(H,14,15). The number of amides is 1. The van der Waals surface area contributed by atoms with E-state index in [1.165, 1.54) is 0 Å². The molecule has 86 valence electrons. The van der Waals surface area contributed by atoms with E-state index in [4.69, 9.17) is 10.5 Å². The number of nitrogens with two attached hydrogens (primary N) is 1. The van der Waals surface area contributed by atoms with Gasteiger partial charge in [0.25, 0.3) is 5.91 Å².